The molecule has 0 atom stereocenters. The number of nitrogens with zero attached hydrogens (tertiary/aromatic N) is 4. The van der Waals surface area contributed by atoms with Crippen molar-refractivity contribution in [2.75, 3.05) is 31.1 Å². The summed E-state index contributed by atoms with van der Waals surface area (Å²) in [6.07, 6.45) is 1.13. The summed E-state index contributed by atoms with van der Waals surface area (Å²) in [5, 5.41) is 26.9. The van der Waals surface area contributed by atoms with E-state index in [-0.39, 0.29) is 5.88 Å². The van der Waals surface area contributed by atoms with Crippen molar-refractivity contribution in [2.45, 2.75) is 33.6 Å². The lowest BCUT2D eigenvalue weighted by atomic mass is 10.1. The Bertz CT molecular complexity index is 471. The van der Waals surface area contributed by atoms with Crippen LogP contribution in [0.2, 0.25) is 0 Å². The first-order valence-corrected chi connectivity index (χ1v) is 7.27. The highest BCUT2D eigenvalue weighted by Crippen LogP contribution is 2.23. The van der Waals surface area contributed by atoms with Crippen molar-refractivity contribution in [1.82, 2.24) is 10.3 Å². The molecule has 0 amide bonds. The third kappa shape index (κ3) is 2.95. The smallest absolute Gasteiger partial charge is 0.284 e. The molecule has 2 heterocycles. The molecule has 0 bridgehead atoms. The van der Waals surface area contributed by atoms with E-state index < -0.39 is 0 Å². The highest BCUT2D eigenvalue weighted by molar-refractivity contribution is 5.44. The van der Waals surface area contributed by atoms with Crippen molar-refractivity contribution in [3.8, 4) is 5.88 Å². The van der Waals surface area contributed by atoms with E-state index in [1.165, 1.54) is 0 Å². The van der Waals surface area contributed by atoms with Crippen molar-refractivity contribution in [2.24, 2.45) is 5.92 Å². The van der Waals surface area contributed by atoms with Gasteiger partial charge in [-0.05, 0) is 5.92 Å². The summed E-state index contributed by atoms with van der Waals surface area (Å²) in [6.45, 7) is 8.98. The highest BCUT2D eigenvalue weighted by Gasteiger charge is 2.27. The van der Waals surface area contributed by atoms with Crippen molar-refractivity contribution >= 4 is 5.82 Å². The van der Waals surface area contributed by atoms with E-state index >= 15 is 0 Å². The highest BCUT2D eigenvalue weighted by atomic mass is 16.5. The van der Waals surface area contributed by atoms with Gasteiger partial charge in [-0.2, -0.15) is 9.71 Å². The topological polar surface area (TPSA) is 77.4 Å². The summed E-state index contributed by atoms with van der Waals surface area (Å²) in [5.41, 5.74) is 1.02. The zero-order chi connectivity index (χ0) is 14.7. The van der Waals surface area contributed by atoms with Crippen molar-refractivity contribution in [1.29, 1.82) is 0 Å². The van der Waals surface area contributed by atoms with Gasteiger partial charge in [0.1, 0.15) is 0 Å². The number of aromatic nitrogens is 2. The van der Waals surface area contributed by atoms with E-state index in [4.69, 9.17) is 0 Å². The van der Waals surface area contributed by atoms with Gasteiger partial charge in [-0.3, -0.25) is 0 Å². The van der Waals surface area contributed by atoms with Crippen LogP contribution in [-0.2, 0) is 12.8 Å². The lowest BCUT2D eigenvalue weighted by Gasteiger charge is -2.28. The number of hydrogen-bond donors (Lipinski definition) is 1. The molecule has 2 rings (SSSR count). The van der Waals surface area contributed by atoms with Gasteiger partial charge >= 0.3 is 0 Å². The minimum absolute atomic E-state index is 0.136. The Morgan fingerprint density at radius 3 is 2.50 bits per heavy atom. The molecule has 111 valence electrons. The van der Waals surface area contributed by atoms with E-state index in [9.17, 15) is 10.3 Å². The van der Waals surface area contributed by atoms with Crippen LogP contribution >= 0.6 is 0 Å². The summed E-state index contributed by atoms with van der Waals surface area (Å²) in [5.74, 6) is 0.776. The first-order valence-electron chi connectivity index (χ1n) is 7.27. The standard InChI is InChI=1S/C14H23N4O2/c1-4-11-13(17-7-5-15-6-8-17)16-14(19)12(18(11)20)9-10(2)3/h10H,4-9H2,1-3H3,(H,16,19). The van der Waals surface area contributed by atoms with Gasteiger partial charge in [-0.1, -0.05) is 20.8 Å². The second-order valence-corrected chi connectivity index (χ2v) is 5.56. The molecule has 1 aliphatic heterocycles. The van der Waals surface area contributed by atoms with E-state index in [1.807, 2.05) is 25.7 Å². The van der Waals surface area contributed by atoms with Gasteiger partial charge < -0.3 is 15.2 Å². The molecule has 6 heteroatoms. The maximum Gasteiger partial charge on any atom is 0.284 e. The predicted octanol–water partition coefficient (Wildman–Crippen LogP) is 0.606. The van der Waals surface area contributed by atoms with Crippen LogP contribution in [0.3, 0.4) is 0 Å². The van der Waals surface area contributed by atoms with Crippen molar-refractivity contribution in [3.05, 3.63) is 16.6 Å². The fourth-order valence-corrected chi connectivity index (χ4v) is 2.51. The zero-order valence-electron chi connectivity index (χ0n) is 12.5. The van der Waals surface area contributed by atoms with Gasteiger partial charge in [0.2, 0.25) is 11.5 Å². The van der Waals surface area contributed by atoms with E-state index in [1.54, 1.807) is 0 Å². The van der Waals surface area contributed by atoms with Crippen LogP contribution in [-0.4, -0.2) is 36.3 Å². The largest absolute Gasteiger partial charge is 0.618 e. The van der Waals surface area contributed by atoms with Gasteiger partial charge in [-0.15, -0.1) is 0 Å². The molecular formula is C14H23N4O2. The summed E-state index contributed by atoms with van der Waals surface area (Å²) in [7, 11) is 0. The number of aromatic hydroxyl groups is 1. The summed E-state index contributed by atoms with van der Waals surface area (Å²) >= 11 is 0. The Morgan fingerprint density at radius 2 is 1.95 bits per heavy atom. The lowest BCUT2D eigenvalue weighted by molar-refractivity contribution is -0.623. The Labute approximate surface area is 120 Å². The van der Waals surface area contributed by atoms with Crippen LogP contribution in [0.25, 0.3) is 0 Å². The van der Waals surface area contributed by atoms with Crippen LogP contribution in [0.15, 0.2) is 0 Å². The molecule has 0 unspecified atom stereocenters. The molecule has 20 heavy (non-hydrogen) atoms. The minimum atomic E-state index is -0.136. The number of rotatable bonds is 4. The van der Waals surface area contributed by atoms with Crippen molar-refractivity contribution < 1.29 is 9.84 Å². The Kier molecular flexibility index (Phi) is 4.65. The average Bonchev–Trinajstić information content (AvgIpc) is 2.43. The maximum absolute atomic E-state index is 12.5. The van der Waals surface area contributed by atoms with Crippen molar-refractivity contribution in [3.63, 3.8) is 0 Å². The van der Waals surface area contributed by atoms with E-state index in [2.05, 4.69) is 10.3 Å². The van der Waals surface area contributed by atoms with Crippen LogP contribution < -0.4 is 14.9 Å². The van der Waals surface area contributed by atoms with Crippen LogP contribution in [0.4, 0.5) is 5.82 Å². The Hall–Kier alpha value is -1.56. The Balaban J connectivity index is 2.42. The summed E-state index contributed by atoms with van der Waals surface area (Å²) in [6, 6.07) is 0. The van der Waals surface area contributed by atoms with Gasteiger partial charge in [-0.25, -0.2) is 5.32 Å². The fraction of sp³-hybridized carbons (Fsp3) is 0.714. The molecule has 1 saturated heterocycles. The molecule has 1 N–H and O–H groups in total. The molecule has 1 fully saturated rings. The summed E-state index contributed by atoms with van der Waals surface area (Å²) < 4.78 is 0.878. The number of hydrogen-bond acceptors (Lipinski definition) is 4. The third-order valence-electron chi connectivity index (χ3n) is 3.51. The second-order valence-electron chi connectivity index (χ2n) is 5.56. The molecule has 0 aromatic carbocycles. The van der Waals surface area contributed by atoms with Gasteiger partial charge in [0, 0.05) is 39.0 Å². The normalized spacial score (nSPS) is 15.9. The predicted molar refractivity (Wildman–Crippen MR) is 76.9 cm³/mol. The molecule has 1 radical (unpaired) electrons. The lowest BCUT2D eigenvalue weighted by Crippen LogP contribution is -2.45. The quantitative estimate of drug-likeness (QED) is 0.647. The monoisotopic (exact) mass is 279 g/mol. The van der Waals surface area contributed by atoms with E-state index in [0.717, 1.165) is 30.9 Å². The summed E-state index contributed by atoms with van der Waals surface area (Å²) in [4.78, 5) is 6.34. The van der Waals surface area contributed by atoms with Crippen LogP contribution in [0.5, 0.6) is 5.88 Å². The first-order chi connectivity index (χ1) is 9.54. The molecule has 1 aromatic rings. The van der Waals surface area contributed by atoms with Gasteiger partial charge in [0.25, 0.3) is 11.6 Å². The van der Waals surface area contributed by atoms with E-state index in [0.29, 0.717) is 36.0 Å². The molecule has 1 aliphatic rings. The van der Waals surface area contributed by atoms with Gasteiger partial charge in [0.15, 0.2) is 0 Å². The molecule has 0 spiro atoms. The minimum Gasteiger partial charge on any atom is -0.618 e. The fourth-order valence-electron chi connectivity index (χ4n) is 2.51. The molecule has 6 nitrogen and oxygen atoms in total. The van der Waals surface area contributed by atoms with Crippen LogP contribution in [0.1, 0.15) is 32.2 Å². The Morgan fingerprint density at radius 1 is 1.30 bits per heavy atom. The molecule has 0 saturated carbocycles. The first kappa shape index (κ1) is 14.8. The average molecular weight is 279 g/mol. The zero-order valence-corrected chi connectivity index (χ0v) is 12.5. The third-order valence-corrected chi connectivity index (χ3v) is 3.51. The molecule has 1 aromatic heterocycles. The number of piperazine rings is 1. The number of anilines is 1. The second kappa shape index (κ2) is 6.26. The van der Waals surface area contributed by atoms with Crippen LogP contribution in [0, 0.1) is 11.1 Å². The van der Waals surface area contributed by atoms with Gasteiger partial charge in [0.05, 0.1) is 0 Å². The SMILES string of the molecule is CCc1c(N2CC[N]CC2)nc(O)c(CC(C)C)[n+]1[O-]. The maximum atomic E-state index is 12.5. The molecular weight excluding hydrogens is 256 g/mol. The molecule has 0 aliphatic carbocycles.